The lowest BCUT2D eigenvalue weighted by molar-refractivity contribution is -0.0152. The van der Waals surface area contributed by atoms with Crippen molar-refractivity contribution in [2.45, 2.75) is 17.1 Å². The normalized spacial score (nSPS) is 15.8. The van der Waals surface area contributed by atoms with E-state index in [4.69, 9.17) is 5.11 Å². The maximum atomic E-state index is 11.2. The minimum absolute atomic E-state index is 0.141. The topological polar surface area (TPSA) is 94.8 Å². The van der Waals surface area contributed by atoms with E-state index in [0.29, 0.717) is 5.56 Å². The van der Waals surface area contributed by atoms with Gasteiger partial charge in [0.15, 0.2) is 9.84 Å². The summed E-state index contributed by atoms with van der Waals surface area (Å²) in [6, 6.07) is 5.50. The first-order valence-corrected chi connectivity index (χ1v) is 6.52. The summed E-state index contributed by atoms with van der Waals surface area (Å²) in [6.07, 6.45) is -1.41. The van der Waals surface area contributed by atoms with Gasteiger partial charge in [0.1, 0.15) is 12.2 Å². The van der Waals surface area contributed by atoms with Crippen molar-refractivity contribution in [3.05, 3.63) is 29.8 Å². The van der Waals surface area contributed by atoms with Crippen molar-refractivity contribution in [3.63, 3.8) is 0 Å². The molecule has 0 aliphatic rings. The SMILES string of the molecule is CS(=O)(=O)c1ccc([C@@H](O)[C@@H](O)CO)cc1. The standard InChI is InChI=1S/C10H14O5S/c1-16(14,15)8-4-2-7(3-5-8)10(13)9(12)6-11/h2-5,9-13H,6H2,1H3/t9-,10+/m0/s1. The molecule has 0 spiro atoms. The van der Waals surface area contributed by atoms with E-state index in [9.17, 15) is 18.6 Å². The van der Waals surface area contributed by atoms with E-state index < -0.39 is 28.7 Å². The van der Waals surface area contributed by atoms with Gasteiger partial charge in [-0.3, -0.25) is 0 Å². The van der Waals surface area contributed by atoms with Crippen molar-refractivity contribution in [2.75, 3.05) is 12.9 Å². The molecule has 1 rings (SSSR count). The molecule has 1 aromatic carbocycles. The van der Waals surface area contributed by atoms with Gasteiger partial charge in [-0.15, -0.1) is 0 Å². The van der Waals surface area contributed by atoms with Crippen LogP contribution in [0.1, 0.15) is 11.7 Å². The Balaban J connectivity index is 2.96. The summed E-state index contributed by atoms with van der Waals surface area (Å²) >= 11 is 0. The third kappa shape index (κ3) is 3.02. The fraction of sp³-hybridized carbons (Fsp3) is 0.400. The largest absolute Gasteiger partial charge is 0.394 e. The van der Waals surface area contributed by atoms with Crippen molar-refractivity contribution in [2.24, 2.45) is 0 Å². The zero-order valence-electron chi connectivity index (χ0n) is 8.74. The Bertz CT molecular complexity index is 437. The van der Waals surface area contributed by atoms with Crippen LogP contribution in [0.4, 0.5) is 0 Å². The molecule has 3 N–H and O–H groups in total. The third-order valence-corrected chi connectivity index (χ3v) is 3.33. The molecule has 2 atom stereocenters. The molecule has 0 aliphatic heterocycles. The second-order valence-corrected chi connectivity index (χ2v) is 5.55. The van der Waals surface area contributed by atoms with Crippen molar-refractivity contribution in [1.29, 1.82) is 0 Å². The molecule has 0 aliphatic carbocycles. The van der Waals surface area contributed by atoms with Crippen LogP contribution in [0.3, 0.4) is 0 Å². The first-order valence-electron chi connectivity index (χ1n) is 4.63. The molecule has 0 heterocycles. The third-order valence-electron chi connectivity index (χ3n) is 2.20. The van der Waals surface area contributed by atoms with E-state index in [0.717, 1.165) is 6.26 Å². The molecule has 0 bridgehead atoms. The molecule has 16 heavy (non-hydrogen) atoms. The molecule has 0 amide bonds. The zero-order valence-corrected chi connectivity index (χ0v) is 9.55. The maximum Gasteiger partial charge on any atom is 0.175 e. The van der Waals surface area contributed by atoms with Gasteiger partial charge in [0.2, 0.25) is 0 Å². The molecule has 6 heteroatoms. The van der Waals surface area contributed by atoms with Gasteiger partial charge in [0, 0.05) is 6.26 Å². The molecule has 5 nitrogen and oxygen atoms in total. The van der Waals surface area contributed by atoms with Gasteiger partial charge in [-0.05, 0) is 17.7 Å². The Morgan fingerprint density at radius 3 is 2.06 bits per heavy atom. The van der Waals surface area contributed by atoms with Crippen LogP contribution < -0.4 is 0 Å². The number of sulfone groups is 1. The van der Waals surface area contributed by atoms with Gasteiger partial charge < -0.3 is 15.3 Å². The first-order chi connectivity index (χ1) is 7.36. The summed E-state index contributed by atoms with van der Waals surface area (Å²) in [5.74, 6) is 0. The molecule has 0 saturated heterocycles. The summed E-state index contributed by atoms with van der Waals surface area (Å²) in [5, 5.41) is 27.4. The summed E-state index contributed by atoms with van der Waals surface area (Å²) < 4.78 is 22.3. The second kappa shape index (κ2) is 4.92. The minimum Gasteiger partial charge on any atom is -0.394 e. The van der Waals surface area contributed by atoms with E-state index in [-0.39, 0.29) is 4.90 Å². The van der Waals surface area contributed by atoms with Gasteiger partial charge in [0.05, 0.1) is 11.5 Å². The molecule has 0 aromatic heterocycles. The predicted molar refractivity (Wildman–Crippen MR) is 57.6 cm³/mol. The van der Waals surface area contributed by atoms with Gasteiger partial charge in [-0.2, -0.15) is 0 Å². The van der Waals surface area contributed by atoms with Crippen molar-refractivity contribution in [3.8, 4) is 0 Å². The molecule has 90 valence electrons. The number of aliphatic hydroxyl groups is 3. The Morgan fingerprint density at radius 2 is 1.69 bits per heavy atom. The van der Waals surface area contributed by atoms with Gasteiger partial charge in [-0.25, -0.2) is 8.42 Å². The van der Waals surface area contributed by atoms with Crippen LogP contribution in [0.15, 0.2) is 29.2 Å². The molecule has 0 unspecified atom stereocenters. The van der Waals surface area contributed by atoms with E-state index >= 15 is 0 Å². The second-order valence-electron chi connectivity index (χ2n) is 3.54. The summed E-state index contributed by atoms with van der Waals surface area (Å²) in [4.78, 5) is 0.141. The predicted octanol–water partition coefficient (Wildman–Crippen LogP) is -0.523. The van der Waals surface area contributed by atoms with Crippen LogP contribution in [0.2, 0.25) is 0 Å². The van der Waals surface area contributed by atoms with Gasteiger partial charge in [0.25, 0.3) is 0 Å². The molecule has 0 fully saturated rings. The van der Waals surface area contributed by atoms with Crippen LogP contribution in [-0.2, 0) is 9.84 Å². The number of hydrogen-bond acceptors (Lipinski definition) is 5. The molecule has 1 aromatic rings. The molecule has 0 radical (unpaired) electrons. The highest BCUT2D eigenvalue weighted by atomic mass is 32.2. The van der Waals surface area contributed by atoms with Crippen LogP contribution in [0, 0.1) is 0 Å². The van der Waals surface area contributed by atoms with Crippen LogP contribution >= 0.6 is 0 Å². The summed E-state index contributed by atoms with van der Waals surface area (Å²) in [7, 11) is -3.26. The van der Waals surface area contributed by atoms with Gasteiger partial charge >= 0.3 is 0 Å². The maximum absolute atomic E-state index is 11.2. The zero-order chi connectivity index (χ0) is 12.3. The number of hydrogen-bond donors (Lipinski definition) is 3. The smallest absolute Gasteiger partial charge is 0.175 e. The minimum atomic E-state index is -3.26. The molecular weight excluding hydrogens is 232 g/mol. The lowest BCUT2D eigenvalue weighted by Gasteiger charge is -2.15. The monoisotopic (exact) mass is 246 g/mol. The highest BCUT2D eigenvalue weighted by molar-refractivity contribution is 7.90. The number of aliphatic hydroxyl groups excluding tert-OH is 3. The number of rotatable bonds is 4. The van der Waals surface area contributed by atoms with E-state index in [2.05, 4.69) is 0 Å². The average Bonchev–Trinajstić information content (AvgIpc) is 2.26. The number of benzene rings is 1. The van der Waals surface area contributed by atoms with Crippen LogP contribution in [-0.4, -0.2) is 42.7 Å². The van der Waals surface area contributed by atoms with E-state index in [1.165, 1.54) is 24.3 Å². The summed E-state index contributed by atoms with van der Waals surface area (Å²) in [5.41, 5.74) is 0.356. The van der Waals surface area contributed by atoms with Crippen LogP contribution in [0.25, 0.3) is 0 Å². The fourth-order valence-corrected chi connectivity index (χ4v) is 1.86. The molecular formula is C10H14O5S. The molecule has 0 saturated carbocycles. The van der Waals surface area contributed by atoms with Gasteiger partial charge in [-0.1, -0.05) is 12.1 Å². The first kappa shape index (κ1) is 13.1. The Labute approximate surface area is 93.9 Å². The van der Waals surface area contributed by atoms with Crippen molar-refractivity contribution < 1.29 is 23.7 Å². The highest BCUT2D eigenvalue weighted by Gasteiger charge is 2.17. The van der Waals surface area contributed by atoms with Crippen molar-refractivity contribution >= 4 is 9.84 Å². The lowest BCUT2D eigenvalue weighted by atomic mass is 10.1. The van der Waals surface area contributed by atoms with Crippen molar-refractivity contribution in [1.82, 2.24) is 0 Å². The fourth-order valence-electron chi connectivity index (χ4n) is 1.23. The highest BCUT2D eigenvalue weighted by Crippen LogP contribution is 2.19. The van der Waals surface area contributed by atoms with Crippen LogP contribution in [0.5, 0.6) is 0 Å². The Morgan fingerprint density at radius 1 is 1.19 bits per heavy atom. The lowest BCUT2D eigenvalue weighted by Crippen LogP contribution is -2.22. The van der Waals surface area contributed by atoms with E-state index in [1.54, 1.807) is 0 Å². The van der Waals surface area contributed by atoms with E-state index in [1.807, 2.05) is 0 Å². The summed E-state index contributed by atoms with van der Waals surface area (Å²) in [6.45, 7) is -0.561. The Hall–Kier alpha value is -0.950. The quantitative estimate of drug-likeness (QED) is 0.664. The Kier molecular flexibility index (Phi) is 4.03. The average molecular weight is 246 g/mol.